The SMILES string of the molecule is COC[C@@H]1CN(C(C)=O)C[C@H]1c1nc(-c2ccccc2)n[nH]1. The summed E-state index contributed by atoms with van der Waals surface area (Å²) in [5, 5.41) is 7.35. The third-order valence-corrected chi connectivity index (χ3v) is 4.15. The van der Waals surface area contributed by atoms with E-state index in [4.69, 9.17) is 4.74 Å². The van der Waals surface area contributed by atoms with Gasteiger partial charge in [-0.15, -0.1) is 0 Å². The lowest BCUT2D eigenvalue weighted by Gasteiger charge is -2.13. The highest BCUT2D eigenvalue weighted by Gasteiger charge is 2.37. The first kappa shape index (κ1) is 14.7. The van der Waals surface area contributed by atoms with Crippen molar-refractivity contribution in [3.05, 3.63) is 36.2 Å². The summed E-state index contributed by atoms with van der Waals surface area (Å²) in [7, 11) is 1.68. The van der Waals surface area contributed by atoms with Gasteiger partial charge < -0.3 is 9.64 Å². The van der Waals surface area contributed by atoms with Gasteiger partial charge in [0.1, 0.15) is 5.82 Å². The lowest BCUT2D eigenvalue weighted by atomic mass is 9.96. The fourth-order valence-electron chi connectivity index (χ4n) is 2.98. The van der Waals surface area contributed by atoms with Gasteiger partial charge in [-0.3, -0.25) is 9.89 Å². The predicted molar refractivity (Wildman–Crippen MR) is 82.2 cm³/mol. The first-order valence-corrected chi connectivity index (χ1v) is 7.41. The molecule has 1 saturated heterocycles. The summed E-state index contributed by atoms with van der Waals surface area (Å²) in [6.07, 6.45) is 0. The van der Waals surface area contributed by atoms with Gasteiger partial charge in [-0.05, 0) is 0 Å². The molecular formula is C16H20N4O2. The number of nitrogens with zero attached hydrogens (tertiary/aromatic N) is 3. The van der Waals surface area contributed by atoms with Crippen LogP contribution in [0.5, 0.6) is 0 Å². The molecule has 0 unspecified atom stereocenters. The van der Waals surface area contributed by atoms with Gasteiger partial charge in [0.05, 0.1) is 6.61 Å². The van der Waals surface area contributed by atoms with Crippen molar-refractivity contribution in [2.24, 2.45) is 5.92 Å². The van der Waals surface area contributed by atoms with E-state index in [1.807, 2.05) is 35.2 Å². The Balaban J connectivity index is 1.83. The molecule has 116 valence electrons. The molecule has 1 aromatic heterocycles. The Morgan fingerprint density at radius 1 is 1.36 bits per heavy atom. The average molecular weight is 300 g/mol. The van der Waals surface area contributed by atoms with E-state index in [1.54, 1.807) is 14.0 Å². The number of methoxy groups -OCH3 is 1. The van der Waals surface area contributed by atoms with Gasteiger partial charge in [-0.2, -0.15) is 5.10 Å². The van der Waals surface area contributed by atoms with E-state index in [1.165, 1.54) is 0 Å². The Morgan fingerprint density at radius 2 is 2.14 bits per heavy atom. The Morgan fingerprint density at radius 3 is 2.82 bits per heavy atom. The highest BCUT2D eigenvalue weighted by atomic mass is 16.5. The number of rotatable bonds is 4. The topological polar surface area (TPSA) is 71.1 Å². The zero-order chi connectivity index (χ0) is 15.5. The molecule has 6 nitrogen and oxygen atoms in total. The third kappa shape index (κ3) is 2.87. The van der Waals surface area contributed by atoms with Gasteiger partial charge in [0.25, 0.3) is 0 Å². The van der Waals surface area contributed by atoms with E-state index in [2.05, 4.69) is 15.2 Å². The maximum absolute atomic E-state index is 11.6. The van der Waals surface area contributed by atoms with Gasteiger partial charge >= 0.3 is 0 Å². The minimum absolute atomic E-state index is 0.0893. The highest BCUT2D eigenvalue weighted by molar-refractivity contribution is 5.73. The molecular weight excluding hydrogens is 280 g/mol. The summed E-state index contributed by atoms with van der Waals surface area (Å²) >= 11 is 0. The van der Waals surface area contributed by atoms with E-state index in [-0.39, 0.29) is 17.7 Å². The second-order valence-corrected chi connectivity index (χ2v) is 5.66. The molecule has 1 aliphatic rings. The number of carbonyl (C=O) groups is 1. The molecule has 1 N–H and O–H groups in total. The number of aromatic amines is 1. The molecule has 2 aromatic rings. The fourth-order valence-corrected chi connectivity index (χ4v) is 2.98. The number of hydrogen-bond acceptors (Lipinski definition) is 4. The van der Waals surface area contributed by atoms with Crippen LogP contribution in [0.1, 0.15) is 18.7 Å². The van der Waals surface area contributed by atoms with Crippen molar-refractivity contribution in [2.75, 3.05) is 26.8 Å². The molecule has 0 spiro atoms. The molecule has 6 heteroatoms. The largest absolute Gasteiger partial charge is 0.384 e. The highest BCUT2D eigenvalue weighted by Crippen LogP contribution is 2.31. The molecule has 3 rings (SSSR count). The van der Waals surface area contributed by atoms with Gasteiger partial charge in [0.15, 0.2) is 5.82 Å². The Kier molecular flexibility index (Phi) is 4.20. The Labute approximate surface area is 129 Å². The van der Waals surface area contributed by atoms with Crippen LogP contribution in [-0.2, 0) is 9.53 Å². The molecule has 1 aromatic carbocycles. The maximum Gasteiger partial charge on any atom is 0.219 e. The standard InChI is InChI=1S/C16H20N4O2/c1-11(21)20-8-13(10-22-2)14(9-20)16-17-15(18-19-16)12-6-4-3-5-7-12/h3-7,13-14H,8-10H2,1-2H3,(H,17,18,19)/t13-,14+/m0/s1. The summed E-state index contributed by atoms with van der Waals surface area (Å²) in [4.78, 5) is 18.1. The number of hydrogen-bond donors (Lipinski definition) is 1. The smallest absolute Gasteiger partial charge is 0.219 e. The van der Waals surface area contributed by atoms with Crippen molar-refractivity contribution in [3.63, 3.8) is 0 Å². The average Bonchev–Trinajstić information content (AvgIpc) is 3.15. The monoisotopic (exact) mass is 300 g/mol. The van der Waals surface area contributed by atoms with E-state index in [9.17, 15) is 4.79 Å². The number of carbonyl (C=O) groups excluding carboxylic acids is 1. The number of H-pyrrole nitrogens is 1. The molecule has 0 bridgehead atoms. The van der Waals surface area contributed by atoms with Gasteiger partial charge in [-0.25, -0.2) is 4.98 Å². The van der Waals surface area contributed by atoms with Crippen LogP contribution in [0.4, 0.5) is 0 Å². The van der Waals surface area contributed by atoms with E-state index >= 15 is 0 Å². The normalized spacial score (nSPS) is 21.3. The molecule has 22 heavy (non-hydrogen) atoms. The van der Waals surface area contributed by atoms with E-state index < -0.39 is 0 Å². The van der Waals surface area contributed by atoms with Crippen LogP contribution in [0.25, 0.3) is 11.4 Å². The van der Waals surface area contributed by atoms with Crippen LogP contribution in [-0.4, -0.2) is 52.8 Å². The van der Waals surface area contributed by atoms with Crippen molar-refractivity contribution >= 4 is 5.91 Å². The number of nitrogens with one attached hydrogen (secondary N) is 1. The van der Waals surface area contributed by atoms with Gasteiger partial charge in [0, 0.05) is 44.5 Å². The number of amides is 1. The predicted octanol–water partition coefficient (Wildman–Crippen LogP) is 1.68. The number of aromatic nitrogens is 3. The van der Waals surface area contributed by atoms with Crippen LogP contribution >= 0.6 is 0 Å². The molecule has 0 aliphatic carbocycles. The third-order valence-electron chi connectivity index (χ3n) is 4.15. The summed E-state index contributed by atoms with van der Waals surface area (Å²) in [6, 6.07) is 9.86. The minimum Gasteiger partial charge on any atom is -0.384 e. The second kappa shape index (κ2) is 6.27. The molecule has 0 saturated carbocycles. The van der Waals surface area contributed by atoms with Crippen LogP contribution in [0.2, 0.25) is 0 Å². The maximum atomic E-state index is 11.6. The van der Waals surface area contributed by atoms with Gasteiger partial charge in [0.2, 0.25) is 5.91 Å². The molecule has 1 aliphatic heterocycles. The summed E-state index contributed by atoms with van der Waals surface area (Å²) in [5.41, 5.74) is 0.981. The quantitative estimate of drug-likeness (QED) is 0.932. The van der Waals surface area contributed by atoms with Crippen molar-refractivity contribution in [1.29, 1.82) is 0 Å². The molecule has 2 heterocycles. The minimum atomic E-state index is 0.0893. The van der Waals surface area contributed by atoms with Crippen LogP contribution < -0.4 is 0 Å². The Hall–Kier alpha value is -2.21. The molecule has 0 radical (unpaired) electrons. The first-order chi connectivity index (χ1) is 10.7. The van der Waals surface area contributed by atoms with Gasteiger partial charge in [-0.1, -0.05) is 30.3 Å². The van der Waals surface area contributed by atoms with Crippen LogP contribution in [0.3, 0.4) is 0 Å². The van der Waals surface area contributed by atoms with E-state index in [0.29, 0.717) is 25.5 Å². The second-order valence-electron chi connectivity index (χ2n) is 5.66. The fraction of sp³-hybridized carbons (Fsp3) is 0.438. The van der Waals surface area contributed by atoms with E-state index in [0.717, 1.165) is 11.4 Å². The van der Waals surface area contributed by atoms with Crippen molar-refractivity contribution in [2.45, 2.75) is 12.8 Å². The van der Waals surface area contributed by atoms with Crippen LogP contribution in [0, 0.1) is 5.92 Å². The zero-order valence-electron chi connectivity index (χ0n) is 12.8. The van der Waals surface area contributed by atoms with Crippen LogP contribution in [0.15, 0.2) is 30.3 Å². The molecule has 2 atom stereocenters. The Bertz CT molecular complexity index is 641. The number of benzene rings is 1. The lowest BCUT2D eigenvalue weighted by molar-refractivity contribution is -0.128. The first-order valence-electron chi connectivity index (χ1n) is 7.41. The summed E-state index contributed by atoms with van der Waals surface area (Å²) in [6.45, 7) is 3.57. The molecule has 1 fully saturated rings. The number of likely N-dealkylation sites (tertiary alicyclic amines) is 1. The zero-order valence-corrected chi connectivity index (χ0v) is 12.8. The lowest BCUT2D eigenvalue weighted by Crippen LogP contribution is -2.26. The van der Waals surface area contributed by atoms with Crippen molar-refractivity contribution in [1.82, 2.24) is 20.1 Å². The van der Waals surface area contributed by atoms with Crippen molar-refractivity contribution < 1.29 is 9.53 Å². The number of ether oxygens (including phenoxy) is 1. The molecule has 1 amide bonds. The summed E-state index contributed by atoms with van der Waals surface area (Å²) < 4.78 is 5.30. The summed E-state index contributed by atoms with van der Waals surface area (Å²) in [5.74, 6) is 1.98. The van der Waals surface area contributed by atoms with Crippen molar-refractivity contribution in [3.8, 4) is 11.4 Å².